The van der Waals surface area contributed by atoms with Gasteiger partial charge in [-0.1, -0.05) is 34.6 Å². The normalized spacial score (nSPS) is 38.8. The minimum Gasteiger partial charge on any atom is -0.461 e. The molecular weight excluding hydrogens is 968 g/mol. The van der Waals surface area contributed by atoms with Gasteiger partial charge in [-0.05, 0) is 79.1 Å². The fourth-order valence-corrected chi connectivity index (χ4v) is 11.3. The van der Waals surface area contributed by atoms with Crippen LogP contribution < -0.4 is 15.1 Å². The molecule has 0 saturated carbocycles. The standard InChI is InChI=1S/C53H85FN4O16/c1-13-40-51(7,8)46(62)32(5)44(60)29(2)25-52(9,66)41(24-39(31(4)48(64)73-40)72-43-26-53(10,67-12)47(63)33(6)70-43)74-49-45(61)38(22-30(3)69-49)56(11)17-16-42(59)55-27-35-28-58(50(65)71-35)34-14-15-37(36(54)23-34)57-18-20-68-21-19-57/h14-15,23,29-33,35,38-41,43,45-47,49,61-63,66H,13,16-22,24-28H2,1-12H3,(H,55,59)/t29-,30-,31-,32+,33+,35+,38+,39+,40-,41-,43+,45-,46-,47+,49+,52-,53-/m1/s1. The fraction of sp³-hybridized carbons (Fsp3) is 0.811. The summed E-state index contributed by atoms with van der Waals surface area (Å²) >= 11 is 0. The predicted octanol–water partition coefficient (Wildman–Crippen LogP) is 3.69. The first-order valence-corrected chi connectivity index (χ1v) is 26.5. The Bertz CT molecular complexity index is 2080. The van der Waals surface area contributed by atoms with E-state index in [2.05, 4.69) is 5.32 Å². The Labute approximate surface area is 435 Å². The number of aliphatic hydroxyl groups excluding tert-OH is 3. The van der Waals surface area contributed by atoms with E-state index in [9.17, 15) is 39.6 Å². The molecule has 1 aromatic rings. The summed E-state index contributed by atoms with van der Waals surface area (Å²) in [6, 6.07) is 4.00. The number of ketones is 1. The van der Waals surface area contributed by atoms with Crippen molar-refractivity contribution in [2.75, 3.05) is 69.9 Å². The van der Waals surface area contributed by atoms with Crippen molar-refractivity contribution in [3.63, 3.8) is 0 Å². The summed E-state index contributed by atoms with van der Waals surface area (Å²) in [4.78, 5) is 59.6. The lowest BCUT2D eigenvalue weighted by Crippen LogP contribution is -2.59. The Morgan fingerprint density at radius 1 is 0.932 bits per heavy atom. The van der Waals surface area contributed by atoms with Gasteiger partial charge in [0.15, 0.2) is 12.6 Å². The molecule has 5 N–H and O–H groups in total. The van der Waals surface area contributed by atoms with Crippen LogP contribution in [0, 0.1) is 29.0 Å². The summed E-state index contributed by atoms with van der Waals surface area (Å²) in [5, 5.41) is 50.2. The van der Waals surface area contributed by atoms with Gasteiger partial charge in [-0.3, -0.25) is 19.3 Å². The number of benzene rings is 1. The maximum atomic E-state index is 15.2. The van der Waals surface area contributed by atoms with Crippen LogP contribution in [0.15, 0.2) is 18.2 Å². The van der Waals surface area contributed by atoms with Crippen LogP contribution >= 0.6 is 0 Å². The number of Topliss-reactive ketones (excluding diaryl/α,β-unsaturated/α-hetero) is 1. The average Bonchev–Trinajstić information content (AvgIpc) is 3.74. The van der Waals surface area contributed by atoms with Crippen LogP contribution in [0.2, 0.25) is 0 Å². The highest BCUT2D eigenvalue weighted by atomic mass is 19.1. The van der Waals surface area contributed by atoms with Crippen molar-refractivity contribution in [1.29, 1.82) is 0 Å². The van der Waals surface area contributed by atoms with Gasteiger partial charge in [-0.2, -0.15) is 0 Å². The number of likely N-dealkylation sites (N-methyl/N-ethyl adjacent to an activating group) is 1. The summed E-state index contributed by atoms with van der Waals surface area (Å²) in [6.07, 6.45) is -11.2. The topological polar surface area (TPSA) is 245 Å². The summed E-state index contributed by atoms with van der Waals surface area (Å²) < 4.78 is 63.8. The number of anilines is 2. The maximum absolute atomic E-state index is 15.2. The van der Waals surface area contributed by atoms with Crippen LogP contribution in [-0.4, -0.2) is 194 Å². The summed E-state index contributed by atoms with van der Waals surface area (Å²) in [6.45, 7) is 19.5. The van der Waals surface area contributed by atoms with Gasteiger partial charge in [0.2, 0.25) is 5.91 Å². The van der Waals surface area contributed by atoms with E-state index in [0.29, 0.717) is 50.5 Å². The summed E-state index contributed by atoms with van der Waals surface area (Å²) in [5.41, 5.74) is -3.21. The first-order valence-electron chi connectivity index (χ1n) is 26.5. The van der Waals surface area contributed by atoms with E-state index in [1.807, 2.05) is 23.6 Å². The van der Waals surface area contributed by atoms with Crippen molar-refractivity contribution in [2.24, 2.45) is 23.2 Å². The SMILES string of the molecule is CC[C@H]1OC(=O)[C@H](C)[C@@H](O[C@H]2C[C@@](C)(OC)[C@@H](O)[C@H](C)O2)C[C@@H](O[C@@H]2O[C@H](C)C[C@H](N(C)CCC(=O)NC[C@H]3CN(c4ccc(N5CCOCC5)c(F)c4)C(=O)O3)[C@H]2O)[C@](C)(O)C[C@@H](C)C(=O)[C@H](C)[C@@H](O)C1(C)C. The molecule has 0 radical (unpaired) electrons. The number of halogens is 1. The van der Waals surface area contributed by atoms with E-state index in [0.717, 1.165) is 0 Å². The van der Waals surface area contributed by atoms with Crippen molar-refractivity contribution in [3.8, 4) is 0 Å². The molecule has 0 unspecified atom stereocenters. The number of morpholine rings is 1. The highest BCUT2D eigenvalue weighted by Gasteiger charge is 2.51. The Balaban J connectivity index is 1.15. The van der Waals surface area contributed by atoms with Crippen molar-refractivity contribution in [3.05, 3.63) is 24.0 Å². The van der Waals surface area contributed by atoms with Crippen molar-refractivity contribution in [2.45, 2.75) is 193 Å². The highest BCUT2D eigenvalue weighted by molar-refractivity contribution is 5.90. The number of esters is 1. The molecule has 5 heterocycles. The number of carbonyl (C=O) groups is 4. The molecule has 74 heavy (non-hydrogen) atoms. The van der Waals surface area contributed by atoms with E-state index in [-0.39, 0.29) is 57.0 Å². The molecule has 1 aromatic carbocycles. The minimum absolute atomic E-state index is 0.0134. The lowest BCUT2D eigenvalue weighted by Gasteiger charge is -2.47. The first kappa shape index (κ1) is 59.6. The third-order valence-corrected chi connectivity index (χ3v) is 16.4. The number of nitrogens with one attached hydrogen (secondary N) is 1. The zero-order chi connectivity index (χ0) is 54.6. The first-order chi connectivity index (χ1) is 34.7. The Morgan fingerprint density at radius 2 is 1.62 bits per heavy atom. The number of carbonyl (C=O) groups excluding carboxylic acids is 4. The molecule has 0 aromatic heterocycles. The number of hydrogen-bond acceptors (Lipinski definition) is 18. The zero-order valence-electron chi connectivity index (χ0n) is 45.5. The smallest absolute Gasteiger partial charge is 0.414 e. The lowest BCUT2D eigenvalue weighted by atomic mass is 9.71. The van der Waals surface area contributed by atoms with Gasteiger partial charge in [0.1, 0.15) is 36.0 Å². The van der Waals surface area contributed by atoms with Gasteiger partial charge >= 0.3 is 12.1 Å². The molecule has 6 rings (SSSR count). The van der Waals surface area contributed by atoms with Crippen LogP contribution in [-0.2, 0) is 52.3 Å². The Kier molecular flexibility index (Phi) is 20.0. The number of hydrogen-bond donors (Lipinski definition) is 5. The summed E-state index contributed by atoms with van der Waals surface area (Å²) in [7, 11) is 3.24. The van der Waals surface area contributed by atoms with E-state index in [1.54, 1.807) is 67.6 Å². The van der Waals surface area contributed by atoms with Gasteiger partial charge in [0.05, 0.1) is 85.3 Å². The van der Waals surface area contributed by atoms with E-state index in [4.69, 9.17) is 37.9 Å². The largest absolute Gasteiger partial charge is 0.461 e. The third kappa shape index (κ3) is 13.7. The average molecular weight is 1050 g/mol. The number of aliphatic hydroxyl groups is 4. The molecule has 5 aliphatic heterocycles. The molecule has 17 atom stereocenters. The quantitative estimate of drug-likeness (QED) is 0.167. The molecule has 5 fully saturated rings. The number of methoxy groups -OCH3 is 1. The van der Waals surface area contributed by atoms with Crippen molar-refractivity contribution >= 4 is 35.1 Å². The molecule has 21 heteroatoms. The monoisotopic (exact) mass is 1050 g/mol. The second-order valence-electron chi connectivity index (χ2n) is 22.5. The molecule has 0 aliphatic carbocycles. The van der Waals surface area contributed by atoms with E-state index >= 15 is 4.39 Å². The molecule has 5 aliphatic rings. The minimum atomic E-state index is -1.84. The predicted molar refractivity (Wildman–Crippen MR) is 268 cm³/mol. The van der Waals surface area contributed by atoms with Crippen LogP contribution in [0.3, 0.4) is 0 Å². The summed E-state index contributed by atoms with van der Waals surface area (Å²) in [5.74, 6) is -4.49. The molecule has 20 nitrogen and oxygen atoms in total. The number of ether oxygens (including phenoxy) is 8. The zero-order valence-corrected chi connectivity index (χ0v) is 45.5. The van der Waals surface area contributed by atoms with Gasteiger partial charge in [0, 0.05) is 69.3 Å². The van der Waals surface area contributed by atoms with Gasteiger partial charge in [-0.25, -0.2) is 9.18 Å². The van der Waals surface area contributed by atoms with Crippen molar-refractivity contribution in [1.82, 2.24) is 10.2 Å². The lowest BCUT2D eigenvalue weighted by molar-refractivity contribution is -0.308. The second-order valence-corrected chi connectivity index (χ2v) is 22.5. The van der Waals surface area contributed by atoms with Gasteiger partial charge in [0.25, 0.3) is 0 Å². The van der Waals surface area contributed by atoms with E-state index in [1.165, 1.54) is 25.0 Å². The number of nitrogens with zero attached hydrogens (tertiary/aromatic N) is 3. The molecular formula is C53H85FN4O16. The molecule has 0 spiro atoms. The number of amides is 2. The van der Waals surface area contributed by atoms with Crippen LogP contribution in [0.1, 0.15) is 108 Å². The fourth-order valence-electron chi connectivity index (χ4n) is 11.3. The van der Waals surface area contributed by atoms with E-state index < -0.39 is 126 Å². The molecule has 420 valence electrons. The van der Waals surface area contributed by atoms with Crippen LogP contribution in [0.5, 0.6) is 0 Å². The van der Waals surface area contributed by atoms with Crippen molar-refractivity contribution < 1.29 is 81.9 Å². The van der Waals surface area contributed by atoms with Crippen LogP contribution in [0.4, 0.5) is 20.6 Å². The second kappa shape index (κ2) is 24.8. The number of rotatable bonds is 14. The third-order valence-electron chi connectivity index (χ3n) is 16.4. The van der Waals surface area contributed by atoms with Gasteiger partial charge < -0.3 is 73.4 Å². The Hall–Kier alpha value is -3.61. The van der Waals surface area contributed by atoms with Crippen LogP contribution in [0.25, 0.3) is 0 Å². The molecule has 2 amide bonds. The highest BCUT2D eigenvalue weighted by Crippen LogP contribution is 2.41. The molecule has 0 bridgehead atoms. The maximum Gasteiger partial charge on any atom is 0.414 e. The number of cyclic esters (lactones) is 2. The van der Waals surface area contributed by atoms with Gasteiger partial charge in [-0.15, -0.1) is 0 Å². The Morgan fingerprint density at radius 3 is 2.27 bits per heavy atom. The molecule has 5 saturated heterocycles.